The minimum atomic E-state index is -0.815. The maximum Gasteiger partial charge on any atom is 0.303 e. The van der Waals surface area contributed by atoms with E-state index in [1.807, 2.05) is 25.1 Å². The van der Waals surface area contributed by atoms with E-state index >= 15 is 0 Å². The molecule has 1 atom stereocenters. The van der Waals surface area contributed by atoms with Crippen molar-refractivity contribution in [1.29, 1.82) is 0 Å². The zero-order valence-corrected chi connectivity index (χ0v) is 10.4. The first-order valence-corrected chi connectivity index (χ1v) is 5.56. The third kappa shape index (κ3) is 3.12. The van der Waals surface area contributed by atoms with E-state index in [1.54, 1.807) is 14.2 Å². The molecule has 4 heteroatoms. The van der Waals surface area contributed by atoms with Gasteiger partial charge in [-0.25, -0.2) is 0 Å². The highest BCUT2D eigenvalue weighted by Gasteiger charge is 2.21. The van der Waals surface area contributed by atoms with Crippen LogP contribution in [0.5, 0.6) is 11.5 Å². The van der Waals surface area contributed by atoms with Crippen LogP contribution in [0.3, 0.4) is 0 Å². The van der Waals surface area contributed by atoms with Gasteiger partial charge in [0.05, 0.1) is 20.6 Å². The van der Waals surface area contributed by atoms with E-state index in [1.165, 1.54) is 0 Å². The largest absolute Gasteiger partial charge is 0.496 e. The zero-order chi connectivity index (χ0) is 12.8. The van der Waals surface area contributed by atoms with E-state index in [9.17, 15) is 4.79 Å². The molecule has 0 saturated carbocycles. The predicted molar refractivity (Wildman–Crippen MR) is 64.8 cm³/mol. The highest BCUT2D eigenvalue weighted by atomic mass is 16.5. The molecule has 94 valence electrons. The molecule has 0 aromatic heterocycles. The Hall–Kier alpha value is -1.71. The number of carboxylic acids is 1. The molecule has 1 rings (SSSR count). The molecule has 0 aliphatic carbocycles. The Balaban J connectivity index is 3.18. The lowest BCUT2D eigenvalue weighted by Crippen LogP contribution is -2.08. The van der Waals surface area contributed by atoms with E-state index in [-0.39, 0.29) is 12.3 Å². The number of carbonyl (C=O) groups is 1. The van der Waals surface area contributed by atoms with Crippen molar-refractivity contribution < 1.29 is 19.4 Å². The molecule has 1 aromatic rings. The lowest BCUT2D eigenvalue weighted by atomic mass is 9.91. The quantitative estimate of drug-likeness (QED) is 0.827. The van der Waals surface area contributed by atoms with E-state index in [0.717, 1.165) is 12.0 Å². The molecule has 17 heavy (non-hydrogen) atoms. The average Bonchev–Trinajstić information content (AvgIpc) is 2.34. The van der Waals surface area contributed by atoms with Crippen LogP contribution in [0.15, 0.2) is 18.2 Å². The molecule has 0 radical (unpaired) electrons. The van der Waals surface area contributed by atoms with Crippen LogP contribution in [0.25, 0.3) is 0 Å². The standard InChI is InChI=1S/C13H18O4/c1-4-9(8-12(14)15)13-10(16-2)6-5-7-11(13)17-3/h5-7,9H,4,8H2,1-3H3,(H,14,15)/t9-/m0/s1. The molecule has 0 unspecified atom stereocenters. The Bertz CT molecular complexity index is 365. The van der Waals surface area contributed by atoms with Crippen molar-refractivity contribution >= 4 is 5.97 Å². The van der Waals surface area contributed by atoms with Crippen molar-refractivity contribution in [3.63, 3.8) is 0 Å². The van der Waals surface area contributed by atoms with Gasteiger partial charge >= 0.3 is 5.97 Å². The van der Waals surface area contributed by atoms with Gasteiger partial charge in [-0.05, 0) is 18.6 Å². The maximum atomic E-state index is 10.9. The third-order valence-corrected chi connectivity index (χ3v) is 2.79. The number of aliphatic carboxylic acids is 1. The van der Waals surface area contributed by atoms with E-state index in [0.29, 0.717) is 11.5 Å². The Kier molecular flexibility index (Phi) is 4.82. The number of ether oxygens (including phenoxy) is 2. The smallest absolute Gasteiger partial charge is 0.303 e. The van der Waals surface area contributed by atoms with E-state index in [2.05, 4.69) is 0 Å². The summed E-state index contributed by atoms with van der Waals surface area (Å²) in [4.78, 5) is 10.9. The summed E-state index contributed by atoms with van der Waals surface area (Å²) >= 11 is 0. The topological polar surface area (TPSA) is 55.8 Å². The molecule has 0 aliphatic heterocycles. The minimum Gasteiger partial charge on any atom is -0.496 e. The van der Waals surface area contributed by atoms with Crippen molar-refractivity contribution in [3.8, 4) is 11.5 Å². The van der Waals surface area contributed by atoms with Crippen LogP contribution in [0, 0.1) is 0 Å². The van der Waals surface area contributed by atoms with Crippen LogP contribution in [0.1, 0.15) is 31.2 Å². The highest BCUT2D eigenvalue weighted by Crippen LogP contribution is 2.38. The summed E-state index contributed by atoms with van der Waals surface area (Å²) in [5.41, 5.74) is 0.836. The lowest BCUT2D eigenvalue weighted by Gasteiger charge is -2.19. The van der Waals surface area contributed by atoms with E-state index < -0.39 is 5.97 Å². The Morgan fingerprint density at radius 1 is 1.29 bits per heavy atom. The molecule has 0 fully saturated rings. The second-order valence-electron chi connectivity index (χ2n) is 3.78. The fourth-order valence-corrected chi connectivity index (χ4v) is 1.94. The van der Waals surface area contributed by atoms with Crippen LogP contribution in [-0.2, 0) is 4.79 Å². The summed E-state index contributed by atoms with van der Waals surface area (Å²) < 4.78 is 10.6. The van der Waals surface area contributed by atoms with Crippen LogP contribution in [0.4, 0.5) is 0 Å². The molecule has 0 bridgehead atoms. The Labute approximate surface area is 101 Å². The Morgan fingerprint density at radius 2 is 1.82 bits per heavy atom. The van der Waals surface area contributed by atoms with Gasteiger partial charge in [-0.1, -0.05) is 13.0 Å². The average molecular weight is 238 g/mol. The molecule has 0 saturated heterocycles. The number of benzene rings is 1. The molecule has 0 amide bonds. The van der Waals surface area contributed by atoms with Gasteiger partial charge in [0, 0.05) is 11.5 Å². The lowest BCUT2D eigenvalue weighted by molar-refractivity contribution is -0.137. The van der Waals surface area contributed by atoms with Crippen molar-refractivity contribution in [2.45, 2.75) is 25.7 Å². The van der Waals surface area contributed by atoms with Gasteiger partial charge in [0.15, 0.2) is 0 Å². The zero-order valence-electron chi connectivity index (χ0n) is 10.4. The fourth-order valence-electron chi connectivity index (χ4n) is 1.94. The first-order chi connectivity index (χ1) is 8.13. The second kappa shape index (κ2) is 6.13. The first kappa shape index (κ1) is 13.4. The Morgan fingerprint density at radius 3 is 2.18 bits per heavy atom. The monoisotopic (exact) mass is 238 g/mol. The van der Waals surface area contributed by atoms with Gasteiger partial charge < -0.3 is 14.6 Å². The van der Waals surface area contributed by atoms with Crippen molar-refractivity contribution in [3.05, 3.63) is 23.8 Å². The molecule has 1 aromatic carbocycles. The second-order valence-corrected chi connectivity index (χ2v) is 3.78. The number of rotatable bonds is 6. The van der Waals surface area contributed by atoms with Crippen LogP contribution in [0.2, 0.25) is 0 Å². The van der Waals surface area contributed by atoms with Crippen LogP contribution < -0.4 is 9.47 Å². The minimum absolute atomic E-state index is 0.0766. The summed E-state index contributed by atoms with van der Waals surface area (Å²) in [6.07, 6.45) is 0.802. The van der Waals surface area contributed by atoms with Gasteiger partial charge in [-0.15, -0.1) is 0 Å². The number of methoxy groups -OCH3 is 2. The van der Waals surface area contributed by atoms with Gasteiger partial charge in [0.2, 0.25) is 0 Å². The molecule has 1 N–H and O–H groups in total. The first-order valence-electron chi connectivity index (χ1n) is 5.56. The molecule has 0 heterocycles. The predicted octanol–water partition coefficient (Wildman–Crippen LogP) is 2.67. The molecule has 0 spiro atoms. The summed E-state index contributed by atoms with van der Waals surface area (Å²) in [6, 6.07) is 5.47. The molecule has 0 aliphatic rings. The van der Waals surface area contributed by atoms with Crippen molar-refractivity contribution in [2.75, 3.05) is 14.2 Å². The van der Waals surface area contributed by atoms with Crippen molar-refractivity contribution in [2.24, 2.45) is 0 Å². The third-order valence-electron chi connectivity index (χ3n) is 2.79. The summed E-state index contributed by atoms with van der Waals surface area (Å²) in [5, 5.41) is 8.92. The van der Waals surface area contributed by atoms with Gasteiger partial charge in [0.25, 0.3) is 0 Å². The summed E-state index contributed by atoms with van der Waals surface area (Å²) in [5.74, 6) is 0.443. The number of hydrogen-bond acceptors (Lipinski definition) is 3. The molecular weight excluding hydrogens is 220 g/mol. The van der Waals surface area contributed by atoms with Gasteiger partial charge in [-0.2, -0.15) is 0 Å². The van der Waals surface area contributed by atoms with Gasteiger partial charge in [-0.3, -0.25) is 4.79 Å². The normalized spacial score (nSPS) is 11.9. The number of hydrogen-bond donors (Lipinski definition) is 1. The highest BCUT2D eigenvalue weighted by molar-refractivity contribution is 5.68. The number of carboxylic acid groups (broad SMARTS) is 1. The molecular formula is C13H18O4. The van der Waals surface area contributed by atoms with E-state index in [4.69, 9.17) is 14.6 Å². The van der Waals surface area contributed by atoms with Gasteiger partial charge in [0.1, 0.15) is 11.5 Å². The summed E-state index contributed by atoms with van der Waals surface area (Å²) in [6.45, 7) is 1.96. The van der Waals surface area contributed by atoms with Crippen molar-refractivity contribution in [1.82, 2.24) is 0 Å². The SMILES string of the molecule is CC[C@@H](CC(=O)O)c1c(OC)cccc1OC. The van der Waals surface area contributed by atoms with Crippen LogP contribution >= 0.6 is 0 Å². The van der Waals surface area contributed by atoms with Crippen LogP contribution in [-0.4, -0.2) is 25.3 Å². The molecule has 4 nitrogen and oxygen atoms in total. The summed E-state index contributed by atoms with van der Waals surface area (Å²) in [7, 11) is 3.15. The maximum absolute atomic E-state index is 10.9. The fraction of sp³-hybridized carbons (Fsp3) is 0.462.